The predicted molar refractivity (Wildman–Crippen MR) is 93.4 cm³/mol. The lowest BCUT2D eigenvalue weighted by atomic mass is 10.2. The highest BCUT2D eigenvalue weighted by atomic mass is 79.9. The Balaban J connectivity index is 1.85. The molecule has 0 spiro atoms. The summed E-state index contributed by atoms with van der Waals surface area (Å²) in [5.41, 5.74) is 3.09. The van der Waals surface area contributed by atoms with Crippen molar-refractivity contribution in [3.63, 3.8) is 0 Å². The SMILES string of the molecule is COc1ccc(OCC(=O)N/N=C/c2ccccc2Cl)c(Br)c1. The first-order valence-corrected chi connectivity index (χ1v) is 7.80. The molecule has 0 bridgehead atoms. The number of amides is 1. The highest BCUT2D eigenvalue weighted by Crippen LogP contribution is 2.28. The number of carbonyl (C=O) groups excluding carboxylic acids is 1. The van der Waals surface area contributed by atoms with E-state index in [4.69, 9.17) is 21.1 Å². The van der Waals surface area contributed by atoms with Gasteiger partial charge in [0.05, 0.1) is 17.8 Å². The molecule has 0 fully saturated rings. The van der Waals surface area contributed by atoms with Crippen molar-refractivity contribution in [2.75, 3.05) is 13.7 Å². The number of hydrogen-bond donors (Lipinski definition) is 1. The number of nitrogens with zero attached hydrogens (tertiary/aromatic N) is 1. The summed E-state index contributed by atoms with van der Waals surface area (Å²) < 4.78 is 11.2. The molecule has 0 aliphatic carbocycles. The second-order valence-electron chi connectivity index (χ2n) is 4.40. The minimum Gasteiger partial charge on any atom is -0.497 e. The molecule has 0 unspecified atom stereocenters. The first kappa shape index (κ1) is 17.3. The standard InChI is InChI=1S/C16H14BrClN2O3/c1-22-12-6-7-15(13(17)8-12)23-10-16(21)20-19-9-11-4-2-3-5-14(11)18/h2-9H,10H2,1H3,(H,20,21)/b19-9+. The Morgan fingerprint density at radius 2 is 2.13 bits per heavy atom. The van der Waals surface area contributed by atoms with E-state index in [1.54, 1.807) is 37.4 Å². The number of rotatable bonds is 6. The van der Waals surface area contributed by atoms with E-state index < -0.39 is 0 Å². The molecule has 0 aromatic heterocycles. The van der Waals surface area contributed by atoms with Gasteiger partial charge in [0.25, 0.3) is 5.91 Å². The molecule has 0 aliphatic heterocycles. The number of carbonyl (C=O) groups is 1. The smallest absolute Gasteiger partial charge is 0.277 e. The van der Waals surface area contributed by atoms with Gasteiger partial charge in [0.2, 0.25) is 0 Å². The maximum atomic E-state index is 11.7. The van der Waals surface area contributed by atoms with Crippen molar-refractivity contribution in [2.45, 2.75) is 0 Å². The molecular weight excluding hydrogens is 384 g/mol. The van der Waals surface area contributed by atoms with Gasteiger partial charge in [0, 0.05) is 10.6 Å². The topological polar surface area (TPSA) is 59.9 Å². The molecule has 0 atom stereocenters. The minimum atomic E-state index is -0.379. The van der Waals surface area contributed by atoms with Crippen LogP contribution in [0.15, 0.2) is 52.0 Å². The van der Waals surface area contributed by atoms with Crippen molar-refractivity contribution in [3.8, 4) is 11.5 Å². The maximum absolute atomic E-state index is 11.7. The van der Waals surface area contributed by atoms with Crippen LogP contribution >= 0.6 is 27.5 Å². The molecule has 0 radical (unpaired) electrons. The van der Waals surface area contributed by atoms with Crippen molar-refractivity contribution in [2.24, 2.45) is 5.10 Å². The van der Waals surface area contributed by atoms with Crippen LogP contribution in [0.1, 0.15) is 5.56 Å². The molecule has 7 heteroatoms. The first-order chi connectivity index (χ1) is 11.1. The monoisotopic (exact) mass is 396 g/mol. The third-order valence-corrected chi connectivity index (χ3v) is 3.76. The molecule has 2 aromatic carbocycles. The van der Waals surface area contributed by atoms with Gasteiger partial charge in [-0.1, -0.05) is 29.8 Å². The lowest BCUT2D eigenvalue weighted by molar-refractivity contribution is -0.123. The number of hydrogen-bond acceptors (Lipinski definition) is 4. The number of benzene rings is 2. The van der Waals surface area contributed by atoms with Gasteiger partial charge in [-0.3, -0.25) is 4.79 Å². The lowest BCUT2D eigenvalue weighted by Gasteiger charge is -2.08. The predicted octanol–water partition coefficient (Wildman–Crippen LogP) is 3.64. The number of methoxy groups -OCH3 is 1. The first-order valence-electron chi connectivity index (χ1n) is 6.63. The number of ether oxygens (including phenoxy) is 2. The van der Waals surface area contributed by atoms with Crippen molar-refractivity contribution in [1.82, 2.24) is 5.43 Å². The largest absolute Gasteiger partial charge is 0.497 e. The highest BCUT2D eigenvalue weighted by Gasteiger charge is 2.06. The molecule has 120 valence electrons. The molecule has 23 heavy (non-hydrogen) atoms. The molecule has 0 aliphatic rings. The van der Waals surface area contributed by atoms with Gasteiger partial charge < -0.3 is 9.47 Å². The zero-order chi connectivity index (χ0) is 16.7. The van der Waals surface area contributed by atoms with Crippen LogP contribution in [0.4, 0.5) is 0 Å². The Morgan fingerprint density at radius 1 is 1.35 bits per heavy atom. The van der Waals surface area contributed by atoms with E-state index in [1.807, 2.05) is 12.1 Å². The fourth-order valence-electron chi connectivity index (χ4n) is 1.65. The van der Waals surface area contributed by atoms with E-state index in [0.717, 1.165) is 0 Å². The van der Waals surface area contributed by atoms with Crippen molar-refractivity contribution in [1.29, 1.82) is 0 Å². The van der Waals surface area contributed by atoms with E-state index in [1.165, 1.54) is 6.21 Å². The quantitative estimate of drug-likeness (QED) is 0.598. The molecule has 2 aromatic rings. The summed E-state index contributed by atoms with van der Waals surface area (Å²) in [7, 11) is 1.58. The van der Waals surface area contributed by atoms with Crippen LogP contribution in [0.25, 0.3) is 0 Å². The summed E-state index contributed by atoms with van der Waals surface area (Å²) >= 11 is 9.33. The molecule has 5 nitrogen and oxygen atoms in total. The number of halogens is 2. The Hall–Kier alpha value is -2.05. The van der Waals surface area contributed by atoms with Gasteiger partial charge in [-0.05, 0) is 40.2 Å². The Labute approximate surface area is 147 Å². The second kappa shape index (κ2) is 8.55. The fourth-order valence-corrected chi connectivity index (χ4v) is 2.31. The molecule has 0 heterocycles. The summed E-state index contributed by atoms with van der Waals surface area (Å²) in [5.74, 6) is 0.852. The van der Waals surface area contributed by atoms with Crippen LogP contribution in [0.3, 0.4) is 0 Å². The van der Waals surface area contributed by atoms with E-state index >= 15 is 0 Å². The van der Waals surface area contributed by atoms with Gasteiger partial charge >= 0.3 is 0 Å². The van der Waals surface area contributed by atoms with E-state index in [-0.39, 0.29) is 12.5 Å². The molecule has 2 rings (SSSR count). The zero-order valence-corrected chi connectivity index (χ0v) is 14.6. The fraction of sp³-hybridized carbons (Fsp3) is 0.125. The Bertz CT molecular complexity index is 722. The minimum absolute atomic E-state index is 0.162. The van der Waals surface area contributed by atoms with Crippen LogP contribution < -0.4 is 14.9 Å². The normalized spacial score (nSPS) is 10.6. The summed E-state index contributed by atoms with van der Waals surface area (Å²) in [6, 6.07) is 12.4. The highest BCUT2D eigenvalue weighted by molar-refractivity contribution is 9.10. The van der Waals surface area contributed by atoms with E-state index in [9.17, 15) is 4.79 Å². The maximum Gasteiger partial charge on any atom is 0.277 e. The van der Waals surface area contributed by atoms with Crippen LogP contribution in [-0.2, 0) is 4.79 Å². The van der Waals surface area contributed by atoms with E-state index in [0.29, 0.717) is 26.6 Å². The number of hydrazone groups is 1. The molecule has 1 N–H and O–H groups in total. The molecule has 1 amide bonds. The lowest BCUT2D eigenvalue weighted by Crippen LogP contribution is -2.24. The second-order valence-corrected chi connectivity index (χ2v) is 5.66. The van der Waals surface area contributed by atoms with Gasteiger partial charge in [-0.2, -0.15) is 5.10 Å². The Kier molecular flexibility index (Phi) is 6.43. The number of nitrogens with one attached hydrogen (secondary N) is 1. The van der Waals surface area contributed by atoms with Crippen LogP contribution in [-0.4, -0.2) is 25.8 Å². The summed E-state index contributed by atoms with van der Waals surface area (Å²) in [6.45, 7) is -0.162. The van der Waals surface area contributed by atoms with Crippen LogP contribution in [0.2, 0.25) is 5.02 Å². The van der Waals surface area contributed by atoms with Crippen molar-refractivity contribution in [3.05, 3.63) is 57.5 Å². The third-order valence-electron chi connectivity index (χ3n) is 2.80. The Morgan fingerprint density at radius 3 is 2.83 bits per heavy atom. The summed E-state index contributed by atoms with van der Waals surface area (Å²) in [4.78, 5) is 11.7. The van der Waals surface area contributed by atoms with Gasteiger partial charge in [0.15, 0.2) is 6.61 Å². The zero-order valence-electron chi connectivity index (χ0n) is 12.3. The summed E-state index contributed by atoms with van der Waals surface area (Å²) in [5, 5.41) is 4.40. The molecule has 0 saturated heterocycles. The van der Waals surface area contributed by atoms with E-state index in [2.05, 4.69) is 26.5 Å². The van der Waals surface area contributed by atoms with Gasteiger partial charge in [-0.25, -0.2) is 5.43 Å². The van der Waals surface area contributed by atoms with Gasteiger partial charge in [-0.15, -0.1) is 0 Å². The van der Waals surface area contributed by atoms with Crippen molar-refractivity contribution < 1.29 is 14.3 Å². The average Bonchev–Trinajstić information content (AvgIpc) is 2.55. The van der Waals surface area contributed by atoms with Gasteiger partial charge in [0.1, 0.15) is 11.5 Å². The average molecular weight is 398 g/mol. The van der Waals surface area contributed by atoms with Crippen molar-refractivity contribution >= 4 is 39.7 Å². The van der Waals surface area contributed by atoms with Crippen LogP contribution in [0.5, 0.6) is 11.5 Å². The molecule has 0 saturated carbocycles. The summed E-state index contributed by atoms with van der Waals surface area (Å²) in [6.07, 6.45) is 1.48. The van der Waals surface area contributed by atoms with Crippen LogP contribution in [0, 0.1) is 0 Å². The third kappa shape index (κ3) is 5.26. The molecular formula is C16H14BrClN2O3.